The molecule has 2 heterocycles. The van der Waals surface area contributed by atoms with E-state index in [1.54, 1.807) is 41.5 Å². The van der Waals surface area contributed by atoms with E-state index >= 15 is 8.78 Å². The molecule has 0 radical (unpaired) electrons. The number of amides is 2. The van der Waals surface area contributed by atoms with Crippen molar-refractivity contribution in [2.45, 2.75) is 65.0 Å². The summed E-state index contributed by atoms with van der Waals surface area (Å²) in [6, 6.07) is 8.65. The number of aromatic nitrogens is 3. The zero-order valence-electron chi connectivity index (χ0n) is 29.4. The Morgan fingerprint density at radius 2 is 1.62 bits per heavy atom. The SMILES string of the molecule is Cc1cc(=O)n(-c2ccc(C[C@H](NC(=O)c3cc(F)c(NS(=O)(=O)c4ccc(NC(=O)C(C)(C)C)cc4)cc3F)C(=O)OC(C)C)cn2)c(=O)n1C. The fourth-order valence-corrected chi connectivity index (χ4v) is 5.69. The van der Waals surface area contributed by atoms with Crippen LogP contribution in [-0.4, -0.2) is 52.5 Å². The van der Waals surface area contributed by atoms with Gasteiger partial charge in [-0.25, -0.2) is 36.3 Å². The summed E-state index contributed by atoms with van der Waals surface area (Å²) < 4.78 is 65.7. The Hall–Kier alpha value is -5.71. The molecule has 0 aliphatic rings. The van der Waals surface area contributed by atoms with Crippen molar-refractivity contribution >= 4 is 39.2 Å². The molecule has 2 aromatic heterocycles. The molecule has 0 unspecified atom stereocenters. The quantitative estimate of drug-likeness (QED) is 0.193. The average Bonchev–Trinajstić information content (AvgIpc) is 3.05. The third-order valence-corrected chi connectivity index (χ3v) is 9.01. The maximum Gasteiger partial charge on any atom is 0.336 e. The summed E-state index contributed by atoms with van der Waals surface area (Å²) >= 11 is 0. The third-order valence-electron chi connectivity index (χ3n) is 7.63. The van der Waals surface area contributed by atoms with Gasteiger partial charge in [0.1, 0.15) is 23.5 Å². The lowest BCUT2D eigenvalue weighted by Gasteiger charge is -2.20. The summed E-state index contributed by atoms with van der Waals surface area (Å²) in [5.41, 5.74) is -2.42. The van der Waals surface area contributed by atoms with E-state index in [1.807, 2.05) is 4.72 Å². The molecule has 52 heavy (non-hydrogen) atoms. The summed E-state index contributed by atoms with van der Waals surface area (Å²) in [6.45, 7) is 9.85. The van der Waals surface area contributed by atoms with Crippen molar-refractivity contribution in [3.8, 4) is 5.82 Å². The molecule has 0 bridgehead atoms. The number of esters is 1. The minimum atomic E-state index is -4.44. The molecule has 0 aliphatic heterocycles. The Bertz CT molecular complexity index is 2250. The molecule has 0 spiro atoms. The number of aryl methyl sites for hydroxylation is 1. The zero-order valence-corrected chi connectivity index (χ0v) is 30.2. The maximum absolute atomic E-state index is 15.3. The van der Waals surface area contributed by atoms with Crippen molar-refractivity contribution < 1.29 is 36.3 Å². The van der Waals surface area contributed by atoms with Crippen molar-refractivity contribution in [2.24, 2.45) is 12.5 Å². The zero-order chi connectivity index (χ0) is 38.7. The van der Waals surface area contributed by atoms with Crippen LogP contribution in [0, 0.1) is 24.0 Å². The smallest absolute Gasteiger partial charge is 0.336 e. The Morgan fingerprint density at radius 3 is 2.19 bits per heavy atom. The van der Waals surface area contributed by atoms with Crippen molar-refractivity contribution in [1.29, 1.82) is 0 Å². The number of carbonyl (C=O) groups excluding carboxylic acids is 3. The van der Waals surface area contributed by atoms with Crippen LogP contribution in [0.5, 0.6) is 0 Å². The lowest BCUT2D eigenvalue weighted by atomic mass is 9.95. The minimum Gasteiger partial charge on any atom is -0.461 e. The molecule has 276 valence electrons. The molecule has 3 N–H and O–H groups in total. The first kappa shape index (κ1) is 39.1. The van der Waals surface area contributed by atoms with Gasteiger partial charge in [0.15, 0.2) is 0 Å². The largest absolute Gasteiger partial charge is 0.461 e. The van der Waals surface area contributed by atoms with E-state index < -0.39 is 73.6 Å². The molecule has 14 nitrogen and oxygen atoms in total. The number of carbonyl (C=O) groups is 3. The van der Waals surface area contributed by atoms with Gasteiger partial charge in [-0.15, -0.1) is 0 Å². The number of nitrogens with zero attached hydrogens (tertiary/aromatic N) is 3. The fraction of sp³-hybridized carbons (Fsp3) is 0.314. The third kappa shape index (κ3) is 9.14. The van der Waals surface area contributed by atoms with Crippen molar-refractivity contribution in [3.05, 3.63) is 110 Å². The normalized spacial score (nSPS) is 12.3. The second-order valence-electron chi connectivity index (χ2n) is 13.2. The van der Waals surface area contributed by atoms with Crippen LogP contribution in [0.15, 0.2) is 75.3 Å². The number of anilines is 2. The number of halogens is 2. The van der Waals surface area contributed by atoms with Crippen LogP contribution in [0.4, 0.5) is 20.2 Å². The Morgan fingerprint density at radius 1 is 0.962 bits per heavy atom. The molecular weight excluding hydrogens is 702 g/mol. The number of nitrogens with one attached hydrogen (secondary N) is 3. The second kappa shape index (κ2) is 15.3. The summed E-state index contributed by atoms with van der Waals surface area (Å²) in [5.74, 6) is -4.99. The number of hydrogen-bond donors (Lipinski definition) is 3. The van der Waals surface area contributed by atoms with Gasteiger partial charge in [-0.3, -0.25) is 19.1 Å². The highest BCUT2D eigenvalue weighted by Crippen LogP contribution is 2.25. The second-order valence-corrected chi connectivity index (χ2v) is 14.9. The van der Waals surface area contributed by atoms with Crippen LogP contribution in [0.25, 0.3) is 5.82 Å². The molecular formula is C35H38F2N6O8S. The van der Waals surface area contributed by atoms with Crippen LogP contribution in [0.3, 0.4) is 0 Å². The number of pyridine rings is 1. The fourth-order valence-electron chi connectivity index (χ4n) is 4.63. The molecule has 0 saturated heterocycles. The molecule has 0 fully saturated rings. The summed E-state index contributed by atoms with van der Waals surface area (Å²) in [6.07, 6.45) is 0.447. The summed E-state index contributed by atoms with van der Waals surface area (Å²) in [7, 11) is -2.95. The minimum absolute atomic E-state index is 0.00885. The van der Waals surface area contributed by atoms with E-state index in [9.17, 15) is 32.4 Å². The molecule has 2 amide bonds. The van der Waals surface area contributed by atoms with E-state index in [0.717, 1.165) is 4.57 Å². The predicted molar refractivity (Wildman–Crippen MR) is 188 cm³/mol. The standard InChI is InChI=1S/C35H38F2N6O8S/c1-19(2)51-32(46)28(15-21-8-13-29(38-18-21)43-30(44)14-20(3)42(7)34(43)48)40-31(45)24-16-26(37)27(17-25(24)36)41-52(49,50)23-11-9-22(10-12-23)39-33(47)35(4,5)6/h8-14,16-19,28,41H,15H2,1-7H3,(H,39,47)(H,40,45)/t28-/m0/s1. The van der Waals surface area contributed by atoms with Crippen LogP contribution in [0.1, 0.15) is 56.2 Å². The first-order chi connectivity index (χ1) is 24.2. The topological polar surface area (TPSA) is 188 Å². The molecule has 0 saturated carbocycles. The van der Waals surface area contributed by atoms with E-state index in [1.165, 1.54) is 60.3 Å². The Kier molecular flexibility index (Phi) is 11.5. The van der Waals surface area contributed by atoms with E-state index in [-0.39, 0.29) is 23.0 Å². The van der Waals surface area contributed by atoms with Gasteiger partial charge in [0, 0.05) is 48.6 Å². The first-order valence-electron chi connectivity index (χ1n) is 15.9. The number of hydrogen-bond acceptors (Lipinski definition) is 9. The highest BCUT2D eigenvalue weighted by atomic mass is 32.2. The van der Waals surface area contributed by atoms with E-state index in [4.69, 9.17) is 4.74 Å². The number of ether oxygens (including phenoxy) is 1. The Labute approximate surface area is 297 Å². The van der Waals surface area contributed by atoms with Crippen LogP contribution >= 0.6 is 0 Å². The van der Waals surface area contributed by atoms with Crippen molar-refractivity contribution in [1.82, 2.24) is 19.4 Å². The van der Waals surface area contributed by atoms with Crippen LogP contribution in [0.2, 0.25) is 0 Å². The van der Waals surface area contributed by atoms with Crippen molar-refractivity contribution in [2.75, 3.05) is 10.0 Å². The van der Waals surface area contributed by atoms with Crippen molar-refractivity contribution in [3.63, 3.8) is 0 Å². The predicted octanol–water partition coefficient (Wildman–Crippen LogP) is 3.60. The van der Waals surface area contributed by atoms with Gasteiger partial charge < -0.3 is 19.9 Å². The van der Waals surface area contributed by atoms with Gasteiger partial charge >= 0.3 is 11.7 Å². The molecule has 4 rings (SSSR count). The van der Waals surface area contributed by atoms with Gasteiger partial charge in [0.2, 0.25) is 5.91 Å². The molecule has 17 heteroatoms. The van der Waals surface area contributed by atoms with Crippen LogP contribution < -0.4 is 26.6 Å². The van der Waals surface area contributed by atoms with Gasteiger partial charge in [-0.05, 0) is 62.7 Å². The average molecular weight is 741 g/mol. The Balaban J connectivity index is 1.53. The summed E-state index contributed by atoms with van der Waals surface area (Å²) in [4.78, 5) is 67.4. The van der Waals surface area contributed by atoms with E-state index in [2.05, 4.69) is 15.6 Å². The lowest BCUT2D eigenvalue weighted by Crippen LogP contribution is -2.44. The van der Waals surface area contributed by atoms with Crippen LogP contribution in [-0.2, 0) is 37.8 Å². The van der Waals surface area contributed by atoms with Gasteiger partial charge in [-0.2, -0.15) is 0 Å². The number of benzene rings is 2. The maximum atomic E-state index is 15.3. The highest BCUT2D eigenvalue weighted by Gasteiger charge is 2.28. The van der Waals surface area contributed by atoms with E-state index in [0.29, 0.717) is 29.1 Å². The van der Waals surface area contributed by atoms with Gasteiger partial charge in [0.05, 0.1) is 22.3 Å². The monoisotopic (exact) mass is 740 g/mol. The summed E-state index contributed by atoms with van der Waals surface area (Å²) in [5, 5.41) is 4.98. The first-order valence-corrected chi connectivity index (χ1v) is 17.4. The van der Waals surface area contributed by atoms with Gasteiger partial charge in [-0.1, -0.05) is 26.8 Å². The van der Waals surface area contributed by atoms with Gasteiger partial charge in [0.25, 0.3) is 21.5 Å². The lowest BCUT2D eigenvalue weighted by molar-refractivity contribution is -0.149. The number of rotatable bonds is 11. The molecule has 0 aliphatic carbocycles. The molecule has 1 atom stereocenters. The molecule has 4 aromatic rings. The number of sulfonamides is 1. The highest BCUT2D eigenvalue weighted by molar-refractivity contribution is 7.92. The molecule has 2 aromatic carbocycles.